The van der Waals surface area contributed by atoms with Gasteiger partial charge in [0.25, 0.3) is 0 Å². The molecule has 1 saturated heterocycles. The molecule has 0 aromatic heterocycles. The molecule has 0 saturated carbocycles. The molecule has 26 heavy (non-hydrogen) atoms. The summed E-state index contributed by atoms with van der Waals surface area (Å²) in [5, 5.41) is 3.05. The summed E-state index contributed by atoms with van der Waals surface area (Å²) in [6, 6.07) is 15.8. The van der Waals surface area contributed by atoms with Crippen molar-refractivity contribution < 1.29 is 9.53 Å². The van der Waals surface area contributed by atoms with Crippen LogP contribution in [0.3, 0.4) is 0 Å². The average molecular weight is 375 g/mol. The number of nitrogens with zero attached hydrogens (tertiary/aromatic N) is 1. The third-order valence-corrected chi connectivity index (χ3v) is 4.77. The first-order valence-corrected chi connectivity index (χ1v) is 8.96. The molecule has 4 nitrogen and oxygen atoms in total. The molecule has 3 rings (SSSR count). The Morgan fingerprint density at radius 3 is 2.50 bits per heavy atom. The van der Waals surface area contributed by atoms with Gasteiger partial charge in [-0.15, -0.1) is 12.4 Å². The van der Waals surface area contributed by atoms with Crippen molar-refractivity contribution in [1.29, 1.82) is 0 Å². The highest BCUT2D eigenvalue weighted by Gasteiger charge is 2.24. The molecular weight excluding hydrogens is 348 g/mol. The summed E-state index contributed by atoms with van der Waals surface area (Å²) in [4.78, 5) is 14.7. The predicted molar refractivity (Wildman–Crippen MR) is 108 cm³/mol. The van der Waals surface area contributed by atoms with Crippen molar-refractivity contribution in [1.82, 2.24) is 4.90 Å². The summed E-state index contributed by atoms with van der Waals surface area (Å²) in [7, 11) is 0. The van der Waals surface area contributed by atoms with Crippen molar-refractivity contribution >= 4 is 24.0 Å². The highest BCUT2D eigenvalue weighted by molar-refractivity contribution is 5.95. The number of benzene rings is 2. The maximum Gasteiger partial charge on any atom is 0.241 e. The van der Waals surface area contributed by atoms with Crippen molar-refractivity contribution in [3.05, 3.63) is 59.7 Å². The topological polar surface area (TPSA) is 41.6 Å². The van der Waals surface area contributed by atoms with Crippen molar-refractivity contribution in [2.45, 2.75) is 39.3 Å². The molecule has 0 aliphatic carbocycles. The van der Waals surface area contributed by atoms with E-state index in [0.717, 1.165) is 35.7 Å². The number of halogens is 1. The van der Waals surface area contributed by atoms with E-state index < -0.39 is 0 Å². The zero-order chi connectivity index (χ0) is 17.6. The molecule has 1 aliphatic rings. The lowest BCUT2D eigenvalue weighted by Crippen LogP contribution is -2.40. The number of likely N-dealkylation sites (tertiary alicyclic amines) is 1. The number of anilines is 1. The first kappa shape index (κ1) is 20.3. The lowest BCUT2D eigenvalue weighted by molar-refractivity contribution is -0.120. The van der Waals surface area contributed by atoms with Crippen LogP contribution in [0.15, 0.2) is 48.5 Å². The van der Waals surface area contributed by atoms with E-state index in [1.54, 1.807) is 0 Å². The van der Waals surface area contributed by atoms with E-state index in [0.29, 0.717) is 6.61 Å². The fourth-order valence-electron chi connectivity index (χ4n) is 3.14. The van der Waals surface area contributed by atoms with Gasteiger partial charge >= 0.3 is 0 Å². The van der Waals surface area contributed by atoms with Gasteiger partial charge < -0.3 is 10.1 Å². The van der Waals surface area contributed by atoms with Crippen LogP contribution in [0.2, 0.25) is 0 Å². The third kappa shape index (κ3) is 5.23. The number of hydrogen-bond donors (Lipinski definition) is 1. The first-order valence-electron chi connectivity index (χ1n) is 8.96. The van der Waals surface area contributed by atoms with E-state index in [9.17, 15) is 4.79 Å². The standard InChI is InChI=1S/C21H26N2O2.ClH/c1-16-14-19(25-15-18-8-4-3-5-9-18)10-11-20(16)22-21(24)17(2)23-12-6-7-13-23;/h3-5,8-11,14,17H,6-7,12-13,15H2,1-2H3,(H,22,24);1H. The molecule has 1 aliphatic heterocycles. The summed E-state index contributed by atoms with van der Waals surface area (Å²) >= 11 is 0. The number of hydrogen-bond acceptors (Lipinski definition) is 3. The normalized spacial score (nSPS) is 15.2. The monoisotopic (exact) mass is 374 g/mol. The molecule has 1 amide bonds. The van der Waals surface area contributed by atoms with E-state index in [4.69, 9.17) is 4.74 Å². The van der Waals surface area contributed by atoms with Crippen molar-refractivity contribution in [3.63, 3.8) is 0 Å². The minimum Gasteiger partial charge on any atom is -0.489 e. The van der Waals surface area contributed by atoms with Gasteiger partial charge in [-0.2, -0.15) is 0 Å². The Morgan fingerprint density at radius 1 is 1.15 bits per heavy atom. The number of carbonyl (C=O) groups excluding carboxylic acids is 1. The van der Waals surface area contributed by atoms with E-state index >= 15 is 0 Å². The highest BCUT2D eigenvalue weighted by atomic mass is 35.5. The molecule has 5 heteroatoms. The minimum atomic E-state index is -0.0871. The van der Waals surface area contributed by atoms with Crippen LogP contribution in [0.1, 0.15) is 30.9 Å². The summed E-state index contributed by atoms with van der Waals surface area (Å²) in [6.45, 7) is 6.54. The molecule has 1 fully saturated rings. The Morgan fingerprint density at radius 2 is 1.85 bits per heavy atom. The third-order valence-electron chi connectivity index (χ3n) is 4.77. The van der Waals surface area contributed by atoms with Gasteiger partial charge in [-0.1, -0.05) is 30.3 Å². The van der Waals surface area contributed by atoms with Gasteiger partial charge in [0.15, 0.2) is 0 Å². The first-order chi connectivity index (χ1) is 12.1. The van der Waals surface area contributed by atoms with Gasteiger partial charge in [0.1, 0.15) is 12.4 Å². The fraction of sp³-hybridized carbons (Fsp3) is 0.381. The lowest BCUT2D eigenvalue weighted by atomic mass is 10.1. The van der Waals surface area contributed by atoms with E-state index in [-0.39, 0.29) is 24.4 Å². The smallest absolute Gasteiger partial charge is 0.241 e. The van der Waals surface area contributed by atoms with Crippen LogP contribution >= 0.6 is 12.4 Å². The Kier molecular flexibility index (Phi) is 7.49. The van der Waals surface area contributed by atoms with Crippen molar-refractivity contribution in [2.24, 2.45) is 0 Å². The van der Waals surface area contributed by atoms with Gasteiger partial charge in [0.2, 0.25) is 5.91 Å². The number of rotatable bonds is 6. The van der Waals surface area contributed by atoms with Crippen molar-refractivity contribution in [2.75, 3.05) is 18.4 Å². The van der Waals surface area contributed by atoms with Gasteiger partial charge in [-0.25, -0.2) is 0 Å². The summed E-state index contributed by atoms with van der Waals surface area (Å²) in [5.74, 6) is 0.870. The Balaban J connectivity index is 0.00000243. The second-order valence-electron chi connectivity index (χ2n) is 6.66. The number of aryl methyl sites for hydroxylation is 1. The van der Waals surface area contributed by atoms with Crippen LogP contribution < -0.4 is 10.1 Å². The van der Waals surface area contributed by atoms with E-state index in [1.165, 1.54) is 12.8 Å². The van der Waals surface area contributed by atoms with Gasteiger partial charge in [0, 0.05) is 5.69 Å². The molecule has 0 bridgehead atoms. The molecule has 2 aromatic rings. The molecule has 1 unspecified atom stereocenters. The van der Waals surface area contributed by atoms with Crippen LogP contribution in [-0.2, 0) is 11.4 Å². The molecule has 1 atom stereocenters. The van der Waals surface area contributed by atoms with E-state index in [2.05, 4.69) is 10.2 Å². The number of ether oxygens (including phenoxy) is 1. The fourth-order valence-corrected chi connectivity index (χ4v) is 3.14. The minimum absolute atomic E-state index is 0. The van der Waals surface area contributed by atoms with Gasteiger partial charge in [-0.05, 0) is 69.1 Å². The van der Waals surface area contributed by atoms with Crippen LogP contribution in [0.5, 0.6) is 5.75 Å². The van der Waals surface area contributed by atoms with Gasteiger partial charge in [-0.3, -0.25) is 9.69 Å². The Hall–Kier alpha value is -2.04. The number of amides is 1. The second kappa shape index (κ2) is 9.60. The molecule has 1 heterocycles. The van der Waals surface area contributed by atoms with Gasteiger partial charge in [0.05, 0.1) is 6.04 Å². The predicted octanol–water partition coefficient (Wildman–Crippen LogP) is 4.42. The molecule has 0 spiro atoms. The van der Waals surface area contributed by atoms with Crippen LogP contribution in [-0.4, -0.2) is 29.9 Å². The second-order valence-corrected chi connectivity index (χ2v) is 6.66. The zero-order valence-corrected chi connectivity index (χ0v) is 16.2. The molecule has 0 radical (unpaired) electrons. The number of nitrogens with one attached hydrogen (secondary N) is 1. The quantitative estimate of drug-likeness (QED) is 0.813. The lowest BCUT2D eigenvalue weighted by Gasteiger charge is -2.23. The molecule has 2 aromatic carbocycles. The maximum absolute atomic E-state index is 12.5. The molecule has 1 N–H and O–H groups in total. The largest absolute Gasteiger partial charge is 0.489 e. The summed E-state index contributed by atoms with van der Waals surface area (Å²) in [5.41, 5.74) is 2.99. The summed E-state index contributed by atoms with van der Waals surface area (Å²) < 4.78 is 5.84. The van der Waals surface area contributed by atoms with E-state index in [1.807, 2.05) is 62.4 Å². The van der Waals surface area contributed by atoms with Crippen LogP contribution in [0.25, 0.3) is 0 Å². The average Bonchev–Trinajstić information content (AvgIpc) is 3.17. The van der Waals surface area contributed by atoms with Crippen molar-refractivity contribution in [3.8, 4) is 5.75 Å². The zero-order valence-electron chi connectivity index (χ0n) is 15.4. The maximum atomic E-state index is 12.5. The SMILES string of the molecule is Cc1cc(OCc2ccccc2)ccc1NC(=O)C(C)N1CCCC1.Cl. The Labute approximate surface area is 162 Å². The number of carbonyl (C=O) groups is 1. The van der Waals surface area contributed by atoms with Crippen LogP contribution in [0, 0.1) is 6.92 Å². The summed E-state index contributed by atoms with van der Waals surface area (Å²) in [6.07, 6.45) is 2.37. The molecule has 140 valence electrons. The Bertz CT molecular complexity index is 715. The molecular formula is C21H27ClN2O2. The highest BCUT2D eigenvalue weighted by Crippen LogP contribution is 2.23. The van der Waals surface area contributed by atoms with Crippen LogP contribution in [0.4, 0.5) is 5.69 Å².